The molecule has 68 valence electrons. The van der Waals surface area contributed by atoms with E-state index in [2.05, 4.69) is 18.2 Å². The zero-order valence-electron chi connectivity index (χ0n) is 7.29. The Labute approximate surface area is 88.0 Å². The fourth-order valence-electron chi connectivity index (χ4n) is 1.38. The van der Waals surface area contributed by atoms with Gasteiger partial charge < -0.3 is 0 Å². The lowest BCUT2D eigenvalue weighted by Crippen LogP contribution is -1.72. The van der Waals surface area contributed by atoms with Gasteiger partial charge >= 0.3 is 0 Å². The topological polar surface area (TPSA) is 0 Å². The van der Waals surface area contributed by atoms with Crippen LogP contribution in [0, 0.1) is 0 Å². The minimum Gasteiger partial charge on any atom is -0.131 e. The summed E-state index contributed by atoms with van der Waals surface area (Å²) in [5.41, 5.74) is 1.26. The van der Waals surface area contributed by atoms with Crippen LogP contribution in [0.15, 0.2) is 29.2 Å². The maximum absolute atomic E-state index is 5.80. The van der Waals surface area contributed by atoms with Crippen molar-refractivity contribution >= 4 is 29.4 Å². The molecule has 1 aliphatic heterocycles. The second kappa shape index (κ2) is 4.21. The van der Waals surface area contributed by atoms with E-state index >= 15 is 0 Å². The van der Waals surface area contributed by atoms with E-state index in [0.29, 0.717) is 0 Å². The van der Waals surface area contributed by atoms with Gasteiger partial charge in [0.05, 0.1) is 0 Å². The third kappa shape index (κ3) is 2.52. The van der Waals surface area contributed by atoms with Crippen LogP contribution in [-0.4, -0.2) is 5.75 Å². The Morgan fingerprint density at radius 1 is 1.23 bits per heavy atom. The first kappa shape index (κ1) is 9.17. The lowest BCUT2D eigenvalue weighted by molar-refractivity contribution is 0.999. The highest BCUT2D eigenvalue weighted by Gasteiger charge is 2.06. The first-order valence-corrected chi connectivity index (χ1v) is 5.80. The van der Waals surface area contributed by atoms with Gasteiger partial charge in [-0.25, -0.2) is 0 Å². The van der Waals surface area contributed by atoms with E-state index in [1.165, 1.54) is 29.1 Å². The second-order valence-corrected chi connectivity index (χ2v) is 4.77. The van der Waals surface area contributed by atoms with Crippen molar-refractivity contribution in [1.82, 2.24) is 0 Å². The predicted octanol–water partition coefficient (Wildman–Crippen LogP) is 4.21. The summed E-state index contributed by atoms with van der Waals surface area (Å²) in [5.74, 6) is 1.28. The van der Waals surface area contributed by atoms with Gasteiger partial charge in [0.2, 0.25) is 0 Å². The molecule has 0 nitrogen and oxygen atoms in total. The van der Waals surface area contributed by atoms with Gasteiger partial charge in [0.1, 0.15) is 0 Å². The molecule has 0 bridgehead atoms. The van der Waals surface area contributed by atoms with E-state index in [1.54, 1.807) is 0 Å². The molecule has 1 saturated heterocycles. The summed E-state index contributed by atoms with van der Waals surface area (Å²) in [5, 5.41) is 0.807. The predicted molar refractivity (Wildman–Crippen MR) is 61.1 cm³/mol. The van der Waals surface area contributed by atoms with Crippen LogP contribution >= 0.6 is 23.4 Å². The molecule has 0 radical (unpaired) electrons. The molecular weight excluding hydrogens is 200 g/mol. The molecule has 0 aliphatic carbocycles. The first-order valence-electron chi connectivity index (χ1n) is 4.43. The largest absolute Gasteiger partial charge is 0.131 e. The van der Waals surface area contributed by atoms with E-state index in [9.17, 15) is 0 Å². The fraction of sp³-hybridized carbons (Fsp3) is 0.273. The zero-order valence-corrected chi connectivity index (χ0v) is 8.87. The van der Waals surface area contributed by atoms with Gasteiger partial charge in [-0.15, -0.1) is 11.8 Å². The highest BCUT2D eigenvalue weighted by atomic mass is 35.5. The third-order valence-electron chi connectivity index (χ3n) is 2.05. The van der Waals surface area contributed by atoms with Crippen molar-refractivity contribution < 1.29 is 0 Å². The highest BCUT2D eigenvalue weighted by Crippen LogP contribution is 2.31. The summed E-state index contributed by atoms with van der Waals surface area (Å²) in [6.07, 6.45) is 4.82. The van der Waals surface area contributed by atoms with Gasteiger partial charge in [-0.05, 0) is 47.3 Å². The molecule has 0 atom stereocenters. The van der Waals surface area contributed by atoms with Crippen molar-refractivity contribution in [2.24, 2.45) is 0 Å². The second-order valence-electron chi connectivity index (χ2n) is 3.11. The van der Waals surface area contributed by atoms with Gasteiger partial charge in [-0.1, -0.05) is 23.7 Å². The van der Waals surface area contributed by atoms with Crippen molar-refractivity contribution in [3.05, 3.63) is 39.8 Å². The molecule has 0 N–H and O–H groups in total. The van der Waals surface area contributed by atoms with Crippen LogP contribution in [0.2, 0.25) is 5.02 Å². The fourth-order valence-corrected chi connectivity index (χ4v) is 2.57. The van der Waals surface area contributed by atoms with E-state index in [1.807, 2.05) is 23.9 Å². The molecular formula is C11H11ClS. The van der Waals surface area contributed by atoms with E-state index in [-0.39, 0.29) is 0 Å². The monoisotopic (exact) mass is 210 g/mol. The van der Waals surface area contributed by atoms with Crippen molar-refractivity contribution in [3.8, 4) is 0 Å². The Bertz CT molecular complexity index is 305. The van der Waals surface area contributed by atoms with Crippen molar-refractivity contribution in [2.45, 2.75) is 12.8 Å². The summed E-state index contributed by atoms with van der Waals surface area (Å²) >= 11 is 7.77. The normalized spacial score (nSPS) is 19.6. The number of hydrogen-bond acceptors (Lipinski definition) is 1. The number of benzene rings is 1. The molecule has 0 aromatic heterocycles. The molecule has 0 spiro atoms. The quantitative estimate of drug-likeness (QED) is 0.669. The smallest absolute Gasteiger partial charge is 0.0406 e. The molecule has 2 heteroatoms. The van der Waals surface area contributed by atoms with Gasteiger partial charge in [-0.2, -0.15) is 0 Å². The standard InChI is InChI=1S/C11H11ClS/c12-10-5-3-9(4-6-10)8-11-2-1-7-13-11/h3-6,8H,1-2,7H2. The Morgan fingerprint density at radius 2 is 2.00 bits per heavy atom. The summed E-state index contributed by atoms with van der Waals surface area (Å²) in [6, 6.07) is 8.00. The lowest BCUT2D eigenvalue weighted by Gasteiger charge is -1.96. The van der Waals surface area contributed by atoms with Crippen molar-refractivity contribution in [1.29, 1.82) is 0 Å². The van der Waals surface area contributed by atoms with E-state index in [0.717, 1.165) is 5.02 Å². The summed E-state index contributed by atoms with van der Waals surface area (Å²) < 4.78 is 0. The van der Waals surface area contributed by atoms with Crippen LogP contribution in [-0.2, 0) is 0 Å². The molecule has 0 amide bonds. The van der Waals surface area contributed by atoms with Gasteiger partial charge in [0.15, 0.2) is 0 Å². The van der Waals surface area contributed by atoms with Gasteiger partial charge in [-0.3, -0.25) is 0 Å². The number of halogens is 1. The van der Waals surface area contributed by atoms with E-state index in [4.69, 9.17) is 11.6 Å². The Balaban J connectivity index is 2.17. The highest BCUT2D eigenvalue weighted by molar-refractivity contribution is 8.03. The Hall–Kier alpha value is -0.400. The number of allylic oxidation sites excluding steroid dienone is 1. The zero-order chi connectivity index (χ0) is 9.10. The van der Waals surface area contributed by atoms with Crippen LogP contribution in [0.4, 0.5) is 0 Å². The molecule has 0 saturated carbocycles. The van der Waals surface area contributed by atoms with Crippen molar-refractivity contribution in [3.63, 3.8) is 0 Å². The van der Waals surface area contributed by atoms with Crippen LogP contribution in [0.1, 0.15) is 18.4 Å². The molecule has 1 aliphatic rings. The Kier molecular flexibility index (Phi) is 2.97. The number of thioether (sulfide) groups is 1. The minimum absolute atomic E-state index is 0.807. The molecule has 1 fully saturated rings. The number of hydrogen-bond donors (Lipinski definition) is 0. The van der Waals surface area contributed by atoms with Crippen LogP contribution in [0.25, 0.3) is 6.08 Å². The van der Waals surface area contributed by atoms with Gasteiger partial charge in [0, 0.05) is 5.02 Å². The van der Waals surface area contributed by atoms with Crippen LogP contribution < -0.4 is 0 Å². The Morgan fingerprint density at radius 3 is 2.62 bits per heavy atom. The number of rotatable bonds is 1. The average Bonchev–Trinajstić information content (AvgIpc) is 2.62. The molecule has 1 aromatic carbocycles. The summed E-state index contributed by atoms with van der Waals surface area (Å²) in [6.45, 7) is 0. The maximum atomic E-state index is 5.80. The third-order valence-corrected chi connectivity index (χ3v) is 3.49. The van der Waals surface area contributed by atoms with Crippen LogP contribution in [0.5, 0.6) is 0 Å². The van der Waals surface area contributed by atoms with Crippen molar-refractivity contribution in [2.75, 3.05) is 5.75 Å². The molecule has 13 heavy (non-hydrogen) atoms. The summed E-state index contributed by atoms with van der Waals surface area (Å²) in [4.78, 5) is 1.50. The first-order chi connectivity index (χ1) is 6.34. The van der Waals surface area contributed by atoms with Gasteiger partial charge in [0.25, 0.3) is 0 Å². The lowest BCUT2D eigenvalue weighted by atomic mass is 10.2. The minimum atomic E-state index is 0.807. The molecule has 2 rings (SSSR count). The molecule has 1 aromatic rings. The summed E-state index contributed by atoms with van der Waals surface area (Å²) in [7, 11) is 0. The van der Waals surface area contributed by atoms with Crippen LogP contribution in [0.3, 0.4) is 0 Å². The molecule has 0 unspecified atom stereocenters. The maximum Gasteiger partial charge on any atom is 0.0406 e. The molecule has 1 heterocycles. The van der Waals surface area contributed by atoms with E-state index < -0.39 is 0 Å². The SMILES string of the molecule is Clc1ccc(C=C2CCCS2)cc1. The average molecular weight is 211 g/mol.